The first-order valence-corrected chi connectivity index (χ1v) is 11.3. The van der Waals surface area contributed by atoms with Crippen LogP contribution >= 0.6 is 11.6 Å². The van der Waals surface area contributed by atoms with Gasteiger partial charge in [-0.25, -0.2) is 22.8 Å². The van der Waals surface area contributed by atoms with Gasteiger partial charge in [0, 0.05) is 11.6 Å². The molecule has 4 rings (SSSR count). The number of rotatable bonds is 7. The molecule has 30 heavy (non-hydrogen) atoms. The molecular formula is C20H20ClN5O3S. The van der Waals surface area contributed by atoms with Crippen LogP contribution in [-0.2, 0) is 10.0 Å². The first-order chi connectivity index (χ1) is 14.3. The molecule has 2 aromatic carbocycles. The van der Waals surface area contributed by atoms with Gasteiger partial charge in [0.05, 0.1) is 16.8 Å². The quantitative estimate of drug-likeness (QED) is 0.581. The van der Waals surface area contributed by atoms with Crippen molar-refractivity contribution in [3.05, 3.63) is 71.3 Å². The Morgan fingerprint density at radius 2 is 1.93 bits per heavy atom. The van der Waals surface area contributed by atoms with Crippen molar-refractivity contribution in [2.75, 3.05) is 0 Å². The number of amides is 1. The van der Waals surface area contributed by atoms with Gasteiger partial charge in [-0.2, -0.15) is 5.10 Å². The van der Waals surface area contributed by atoms with E-state index in [0.29, 0.717) is 0 Å². The second-order valence-electron chi connectivity index (χ2n) is 7.17. The first-order valence-electron chi connectivity index (χ1n) is 9.41. The zero-order valence-corrected chi connectivity index (χ0v) is 17.7. The number of benzene rings is 2. The van der Waals surface area contributed by atoms with E-state index in [9.17, 15) is 13.2 Å². The zero-order chi connectivity index (χ0) is 21.3. The maximum atomic E-state index is 12.7. The molecule has 1 aliphatic rings. The Labute approximate surface area is 179 Å². The summed E-state index contributed by atoms with van der Waals surface area (Å²) in [5.74, 6) is -0.387. The number of carbonyl (C=O) groups excluding carboxylic acids is 1. The zero-order valence-electron chi connectivity index (χ0n) is 16.1. The first kappa shape index (κ1) is 20.5. The fourth-order valence-electron chi connectivity index (χ4n) is 2.96. The van der Waals surface area contributed by atoms with Gasteiger partial charge in [0.2, 0.25) is 10.0 Å². The minimum absolute atomic E-state index is 0.0518. The molecule has 0 bridgehead atoms. The fourth-order valence-corrected chi connectivity index (χ4v) is 4.79. The Balaban J connectivity index is 1.48. The highest BCUT2D eigenvalue weighted by Gasteiger charge is 2.29. The molecule has 0 spiro atoms. The molecule has 1 aromatic heterocycles. The SMILES string of the molecule is C[C@@H](NC(=O)c1ccc(Cl)c(S(=O)(=O)NC2CC2)c1)c1ccc(-n2cncn2)cc1. The Morgan fingerprint density at radius 3 is 2.57 bits per heavy atom. The third kappa shape index (κ3) is 4.53. The van der Waals surface area contributed by atoms with Crippen molar-refractivity contribution >= 4 is 27.5 Å². The number of hydrogen-bond donors (Lipinski definition) is 2. The Bertz CT molecular complexity index is 1160. The molecule has 2 N–H and O–H groups in total. The summed E-state index contributed by atoms with van der Waals surface area (Å²) in [5.41, 5.74) is 1.97. The number of sulfonamides is 1. The number of hydrogen-bond acceptors (Lipinski definition) is 5. The molecule has 8 nitrogen and oxygen atoms in total. The van der Waals surface area contributed by atoms with E-state index >= 15 is 0 Å². The lowest BCUT2D eigenvalue weighted by atomic mass is 10.1. The van der Waals surface area contributed by atoms with Gasteiger partial charge in [-0.1, -0.05) is 23.7 Å². The molecular weight excluding hydrogens is 426 g/mol. The third-order valence-electron chi connectivity index (χ3n) is 4.81. The average Bonchev–Trinajstić information content (AvgIpc) is 3.35. The summed E-state index contributed by atoms with van der Waals surface area (Å²) in [6.45, 7) is 1.85. The molecule has 1 fully saturated rings. The van der Waals surface area contributed by atoms with E-state index < -0.39 is 10.0 Å². The summed E-state index contributed by atoms with van der Waals surface area (Å²) in [4.78, 5) is 16.5. The highest BCUT2D eigenvalue weighted by atomic mass is 35.5. The summed E-state index contributed by atoms with van der Waals surface area (Å²) in [7, 11) is -3.77. The number of nitrogens with one attached hydrogen (secondary N) is 2. The lowest BCUT2D eigenvalue weighted by molar-refractivity contribution is 0.0939. The third-order valence-corrected chi connectivity index (χ3v) is 6.81. The van der Waals surface area contributed by atoms with E-state index in [1.54, 1.807) is 11.0 Å². The monoisotopic (exact) mass is 445 g/mol. The molecule has 1 heterocycles. The van der Waals surface area contributed by atoms with E-state index in [4.69, 9.17) is 11.6 Å². The van der Waals surface area contributed by atoms with Crippen molar-refractivity contribution in [1.82, 2.24) is 24.8 Å². The van der Waals surface area contributed by atoms with Gasteiger partial charge in [-0.3, -0.25) is 4.79 Å². The Kier molecular flexibility index (Phi) is 5.59. The summed E-state index contributed by atoms with van der Waals surface area (Å²) >= 11 is 6.09. The smallest absolute Gasteiger partial charge is 0.251 e. The molecule has 1 atom stereocenters. The van der Waals surface area contributed by atoms with Crippen molar-refractivity contribution in [2.45, 2.75) is 36.7 Å². The van der Waals surface area contributed by atoms with Gasteiger partial charge in [0.15, 0.2) is 0 Å². The van der Waals surface area contributed by atoms with E-state index in [1.807, 2.05) is 31.2 Å². The predicted octanol–water partition coefficient (Wildman–Crippen LogP) is 2.85. The van der Waals surface area contributed by atoms with Gasteiger partial charge in [0.25, 0.3) is 5.91 Å². The Morgan fingerprint density at radius 1 is 1.20 bits per heavy atom. The molecule has 10 heteroatoms. The van der Waals surface area contributed by atoms with E-state index in [1.165, 1.54) is 24.5 Å². The van der Waals surface area contributed by atoms with Crippen molar-refractivity contribution in [2.24, 2.45) is 0 Å². The lowest BCUT2D eigenvalue weighted by Crippen LogP contribution is -2.28. The van der Waals surface area contributed by atoms with E-state index in [2.05, 4.69) is 20.1 Å². The normalized spacial score (nSPS) is 15.0. The maximum absolute atomic E-state index is 12.7. The van der Waals surface area contributed by atoms with Crippen LogP contribution < -0.4 is 10.0 Å². The minimum Gasteiger partial charge on any atom is -0.346 e. The molecule has 1 aliphatic carbocycles. The molecule has 1 amide bonds. The van der Waals surface area contributed by atoms with E-state index in [-0.39, 0.29) is 33.5 Å². The van der Waals surface area contributed by atoms with Gasteiger partial charge in [0.1, 0.15) is 17.6 Å². The number of carbonyl (C=O) groups is 1. The van der Waals surface area contributed by atoms with Crippen molar-refractivity contribution in [3.8, 4) is 5.69 Å². The summed E-state index contributed by atoms with van der Waals surface area (Å²) in [6, 6.07) is 11.4. The van der Waals surface area contributed by atoms with Crippen molar-refractivity contribution < 1.29 is 13.2 Å². The topological polar surface area (TPSA) is 106 Å². The van der Waals surface area contributed by atoms with Gasteiger partial charge < -0.3 is 5.32 Å². The van der Waals surface area contributed by atoms with Crippen molar-refractivity contribution in [3.63, 3.8) is 0 Å². The molecule has 0 unspecified atom stereocenters. The van der Waals surface area contributed by atoms with Gasteiger partial charge in [-0.15, -0.1) is 0 Å². The molecule has 3 aromatic rings. The fraction of sp³-hybridized carbons (Fsp3) is 0.250. The molecule has 0 radical (unpaired) electrons. The van der Waals surface area contributed by atoms with Crippen LogP contribution in [0.1, 0.15) is 41.7 Å². The minimum atomic E-state index is -3.77. The summed E-state index contributed by atoms with van der Waals surface area (Å²) < 4.78 is 29.2. The van der Waals surface area contributed by atoms with Crippen LogP contribution in [0.25, 0.3) is 5.69 Å². The van der Waals surface area contributed by atoms with E-state index in [0.717, 1.165) is 24.1 Å². The van der Waals surface area contributed by atoms with Crippen LogP contribution in [0.4, 0.5) is 0 Å². The molecule has 0 aliphatic heterocycles. The van der Waals surface area contributed by atoms with Crippen LogP contribution in [0.5, 0.6) is 0 Å². The number of halogens is 1. The van der Waals surface area contributed by atoms with Crippen LogP contribution in [0, 0.1) is 0 Å². The molecule has 1 saturated carbocycles. The standard InChI is InChI=1S/C20H20ClN5O3S/c1-13(14-2-7-17(8-3-14)26-12-22-11-23-26)24-20(27)15-4-9-18(21)19(10-15)30(28,29)25-16-5-6-16/h2-4,7-13,16,25H,5-6H2,1H3,(H,24,27)/t13-/m1/s1. The molecule has 156 valence electrons. The molecule has 0 saturated heterocycles. The predicted molar refractivity (Wildman–Crippen MR) is 112 cm³/mol. The van der Waals surface area contributed by atoms with Crippen LogP contribution in [-0.4, -0.2) is 35.1 Å². The largest absolute Gasteiger partial charge is 0.346 e. The average molecular weight is 446 g/mol. The van der Waals surface area contributed by atoms with Crippen LogP contribution in [0.15, 0.2) is 60.0 Å². The van der Waals surface area contributed by atoms with Gasteiger partial charge in [-0.05, 0) is 55.7 Å². The van der Waals surface area contributed by atoms with Gasteiger partial charge >= 0.3 is 0 Å². The summed E-state index contributed by atoms with van der Waals surface area (Å²) in [6.07, 6.45) is 4.68. The second-order valence-corrected chi connectivity index (χ2v) is 9.26. The maximum Gasteiger partial charge on any atom is 0.251 e. The number of nitrogens with zero attached hydrogens (tertiary/aromatic N) is 3. The second kappa shape index (κ2) is 8.17. The Hall–Kier alpha value is -2.75. The lowest BCUT2D eigenvalue weighted by Gasteiger charge is -2.16. The number of aromatic nitrogens is 3. The van der Waals surface area contributed by atoms with Crippen LogP contribution in [0.2, 0.25) is 5.02 Å². The highest BCUT2D eigenvalue weighted by Crippen LogP contribution is 2.27. The summed E-state index contributed by atoms with van der Waals surface area (Å²) in [5, 5.41) is 7.04. The highest BCUT2D eigenvalue weighted by molar-refractivity contribution is 7.89. The van der Waals surface area contributed by atoms with Crippen molar-refractivity contribution in [1.29, 1.82) is 0 Å². The van der Waals surface area contributed by atoms with Crippen LogP contribution in [0.3, 0.4) is 0 Å².